The maximum absolute atomic E-state index is 12.4. The smallest absolute Gasteiger partial charge is 0.340 e. The fourth-order valence-electron chi connectivity index (χ4n) is 2.25. The second-order valence-electron chi connectivity index (χ2n) is 5.52. The molecular formula is C19H20ClNO5S. The molecule has 0 saturated carbocycles. The molecule has 0 radical (unpaired) electrons. The predicted molar refractivity (Wildman–Crippen MR) is 105 cm³/mol. The van der Waals surface area contributed by atoms with Crippen molar-refractivity contribution in [2.24, 2.45) is 0 Å². The van der Waals surface area contributed by atoms with Crippen LogP contribution in [0.25, 0.3) is 0 Å². The molecule has 1 amide bonds. The van der Waals surface area contributed by atoms with E-state index in [-0.39, 0.29) is 5.56 Å². The Balaban J connectivity index is 2.07. The van der Waals surface area contributed by atoms with Gasteiger partial charge in [0.2, 0.25) is 0 Å². The second kappa shape index (κ2) is 9.53. The van der Waals surface area contributed by atoms with Crippen LogP contribution >= 0.6 is 11.6 Å². The quantitative estimate of drug-likeness (QED) is 0.706. The highest BCUT2D eigenvalue weighted by Gasteiger charge is 2.22. The number of hydrogen-bond donors (Lipinski definition) is 1. The van der Waals surface area contributed by atoms with Crippen molar-refractivity contribution in [3.05, 3.63) is 53.1 Å². The number of amides is 1. The molecule has 2 aromatic rings. The molecule has 27 heavy (non-hydrogen) atoms. The lowest BCUT2D eigenvalue weighted by Gasteiger charge is -2.15. The van der Waals surface area contributed by atoms with E-state index >= 15 is 0 Å². The number of methoxy groups -OCH3 is 1. The first-order valence-corrected chi connectivity index (χ1v) is 9.89. The van der Waals surface area contributed by atoms with Crippen LogP contribution in [0.5, 0.6) is 5.75 Å². The summed E-state index contributed by atoms with van der Waals surface area (Å²) in [5.41, 5.74) is 0.631. The van der Waals surface area contributed by atoms with Crippen LogP contribution in [-0.2, 0) is 20.3 Å². The minimum absolute atomic E-state index is 0.185. The van der Waals surface area contributed by atoms with Crippen LogP contribution in [0.15, 0.2) is 47.4 Å². The van der Waals surface area contributed by atoms with Crippen molar-refractivity contribution in [2.45, 2.75) is 24.8 Å². The molecule has 0 fully saturated rings. The van der Waals surface area contributed by atoms with Crippen LogP contribution in [0.3, 0.4) is 0 Å². The van der Waals surface area contributed by atoms with Gasteiger partial charge in [0.1, 0.15) is 5.75 Å². The van der Waals surface area contributed by atoms with Crippen LogP contribution in [0, 0.1) is 0 Å². The number of benzene rings is 2. The number of halogens is 1. The first-order valence-electron chi connectivity index (χ1n) is 8.20. The van der Waals surface area contributed by atoms with Gasteiger partial charge in [-0.15, -0.1) is 0 Å². The first-order chi connectivity index (χ1) is 12.9. The summed E-state index contributed by atoms with van der Waals surface area (Å²) in [5, 5.41) is 2.97. The Labute approximate surface area is 165 Å². The van der Waals surface area contributed by atoms with Gasteiger partial charge in [-0.3, -0.25) is 9.00 Å². The molecule has 1 N–H and O–H groups in total. The molecule has 0 unspecified atom stereocenters. The summed E-state index contributed by atoms with van der Waals surface area (Å²) in [5.74, 6) is -0.366. The van der Waals surface area contributed by atoms with Crippen LogP contribution in [-0.4, -0.2) is 35.1 Å². The molecular weight excluding hydrogens is 390 g/mol. The average molecular weight is 410 g/mol. The summed E-state index contributed by atoms with van der Waals surface area (Å²) in [6.07, 6.45) is -1.05. The summed E-state index contributed by atoms with van der Waals surface area (Å²) in [7, 11) is 0.177. The monoisotopic (exact) mass is 409 g/mol. The number of carbonyl (C=O) groups is 2. The number of hydrogen-bond acceptors (Lipinski definition) is 5. The standard InChI is InChI=1S/C19H20ClNO5S/c1-4-27(24)17-8-6-5-7-14(17)19(23)26-12(2)18(22)21-13-9-10-16(25-3)15(20)11-13/h5-12H,4H2,1-3H3,(H,21,22)/t12-,27-/m1/s1. The molecule has 0 heterocycles. The maximum atomic E-state index is 12.4. The van der Waals surface area contributed by atoms with E-state index < -0.39 is 28.8 Å². The fourth-order valence-corrected chi connectivity index (χ4v) is 3.45. The zero-order chi connectivity index (χ0) is 20.0. The zero-order valence-electron chi connectivity index (χ0n) is 15.2. The third kappa shape index (κ3) is 5.30. The summed E-state index contributed by atoms with van der Waals surface area (Å²) in [6.45, 7) is 3.21. The molecule has 0 saturated heterocycles. The molecule has 2 rings (SSSR count). The Morgan fingerprint density at radius 1 is 1.22 bits per heavy atom. The summed E-state index contributed by atoms with van der Waals surface area (Å²) in [4.78, 5) is 25.1. The Morgan fingerprint density at radius 2 is 1.93 bits per heavy atom. The SMILES string of the molecule is CC[S@@](=O)c1ccccc1C(=O)O[C@H](C)C(=O)Nc1ccc(OC)c(Cl)c1. The van der Waals surface area contributed by atoms with E-state index in [2.05, 4.69) is 5.32 Å². The van der Waals surface area contributed by atoms with Gasteiger partial charge in [-0.2, -0.15) is 0 Å². The number of anilines is 1. The van der Waals surface area contributed by atoms with Gasteiger partial charge >= 0.3 is 5.97 Å². The van der Waals surface area contributed by atoms with Crippen molar-refractivity contribution in [1.29, 1.82) is 0 Å². The number of carbonyl (C=O) groups excluding carboxylic acids is 2. The highest BCUT2D eigenvalue weighted by atomic mass is 35.5. The fraction of sp³-hybridized carbons (Fsp3) is 0.263. The van der Waals surface area contributed by atoms with E-state index in [0.717, 1.165) is 0 Å². The summed E-state index contributed by atoms with van der Waals surface area (Å²) in [6, 6.07) is 11.3. The highest BCUT2D eigenvalue weighted by Crippen LogP contribution is 2.27. The number of nitrogens with one attached hydrogen (secondary N) is 1. The third-order valence-electron chi connectivity index (χ3n) is 3.69. The van der Waals surface area contributed by atoms with Crippen molar-refractivity contribution in [2.75, 3.05) is 18.2 Å². The van der Waals surface area contributed by atoms with Gasteiger partial charge in [-0.25, -0.2) is 4.79 Å². The van der Waals surface area contributed by atoms with Crippen molar-refractivity contribution in [1.82, 2.24) is 0 Å². The Hall–Kier alpha value is -2.38. The molecule has 0 aliphatic carbocycles. The lowest BCUT2D eigenvalue weighted by atomic mass is 10.2. The topological polar surface area (TPSA) is 81.7 Å². The average Bonchev–Trinajstić information content (AvgIpc) is 2.67. The van der Waals surface area contributed by atoms with Gasteiger partial charge in [0, 0.05) is 11.4 Å². The molecule has 0 aliphatic rings. The normalized spacial score (nSPS) is 12.7. The molecule has 144 valence electrons. The van der Waals surface area contributed by atoms with E-state index in [1.54, 1.807) is 37.3 Å². The molecule has 0 spiro atoms. The van der Waals surface area contributed by atoms with Crippen LogP contribution in [0.2, 0.25) is 5.02 Å². The van der Waals surface area contributed by atoms with Gasteiger partial charge in [0.05, 0.1) is 33.4 Å². The molecule has 8 heteroatoms. The molecule has 0 aromatic heterocycles. The van der Waals surface area contributed by atoms with E-state index in [4.69, 9.17) is 21.1 Å². The van der Waals surface area contributed by atoms with Gasteiger partial charge < -0.3 is 14.8 Å². The van der Waals surface area contributed by atoms with Crippen LogP contribution in [0.1, 0.15) is 24.2 Å². The number of rotatable bonds is 7. The van der Waals surface area contributed by atoms with Crippen LogP contribution < -0.4 is 10.1 Å². The minimum atomic E-state index is -1.31. The van der Waals surface area contributed by atoms with Crippen molar-refractivity contribution < 1.29 is 23.3 Å². The van der Waals surface area contributed by atoms with Gasteiger partial charge in [0.25, 0.3) is 5.91 Å². The predicted octanol–water partition coefficient (Wildman–Crippen LogP) is 3.66. The largest absolute Gasteiger partial charge is 0.495 e. The Morgan fingerprint density at radius 3 is 2.56 bits per heavy atom. The minimum Gasteiger partial charge on any atom is -0.495 e. The highest BCUT2D eigenvalue weighted by molar-refractivity contribution is 7.85. The molecule has 0 bridgehead atoms. The van der Waals surface area contributed by atoms with Crippen molar-refractivity contribution in [3.8, 4) is 5.75 Å². The van der Waals surface area contributed by atoms with Gasteiger partial charge in [0.15, 0.2) is 6.10 Å². The zero-order valence-corrected chi connectivity index (χ0v) is 16.7. The van der Waals surface area contributed by atoms with Crippen LogP contribution in [0.4, 0.5) is 5.69 Å². The van der Waals surface area contributed by atoms with Gasteiger partial charge in [-0.05, 0) is 37.3 Å². The molecule has 2 atom stereocenters. The van der Waals surface area contributed by atoms with E-state index in [1.165, 1.54) is 26.2 Å². The molecule has 6 nitrogen and oxygen atoms in total. The Bertz CT molecular complexity index is 871. The van der Waals surface area contributed by atoms with E-state index in [0.29, 0.717) is 27.1 Å². The van der Waals surface area contributed by atoms with Crippen molar-refractivity contribution >= 4 is 40.0 Å². The molecule has 0 aliphatic heterocycles. The lowest BCUT2D eigenvalue weighted by molar-refractivity contribution is -0.123. The first kappa shape index (κ1) is 20.9. The number of ether oxygens (including phenoxy) is 2. The van der Waals surface area contributed by atoms with E-state index in [9.17, 15) is 13.8 Å². The second-order valence-corrected chi connectivity index (χ2v) is 7.63. The van der Waals surface area contributed by atoms with E-state index in [1.807, 2.05) is 0 Å². The maximum Gasteiger partial charge on any atom is 0.340 e. The Kier molecular flexibility index (Phi) is 7.38. The van der Waals surface area contributed by atoms with Crippen molar-refractivity contribution in [3.63, 3.8) is 0 Å². The molecule has 2 aromatic carbocycles. The summed E-state index contributed by atoms with van der Waals surface area (Å²) >= 11 is 6.03. The summed E-state index contributed by atoms with van der Waals surface area (Å²) < 4.78 is 22.4. The van der Waals surface area contributed by atoms with Gasteiger partial charge in [-0.1, -0.05) is 30.7 Å². The lowest BCUT2D eigenvalue weighted by Crippen LogP contribution is -2.30. The number of esters is 1. The third-order valence-corrected chi connectivity index (χ3v) is 5.35.